The largest absolute Gasteiger partial charge is 0.480 e. The summed E-state index contributed by atoms with van der Waals surface area (Å²) < 4.78 is 13.7. The molecule has 0 aliphatic heterocycles. The lowest BCUT2D eigenvalue weighted by molar-refractivity contribution is -0.385. The van der Waals surface area contributed by atoms with Gasteiger partial charge in [0, 0.05) is 6.07 Å². The Kier molecular flexibility index (Phi) is 5.34. The highest BCUT2D eigenvalue weighted by Crippen LogP contribution is 2.17. The number of carboxylic acids is 1. The third-order valence-corrected chi connectivity index (χ3v) is 3.17. The van der Waals surface area contributed by atoms with Crippen LogP contribution in [-0.4, -0.2) is 27.9 Å². The molecule has 8 heteroatoms. The first-order valence-electron chi connectivity index (χ1n) is 6.25. The van der Waals surface area contributed by atoms with Crippen LogP contribution in [0.4, 0.5) is 10.1 Å². The Bertz CT molecular complexity index is 576. The molecule has 0 aliphatic carbocycles. The summed E-state index contributed by atoms with van der Waals surface area (Å²) in [7, 11) is 0. The summed E-state index contributed by atoms with van der Waals surface area (Å²) in [6.45, 7) is 3.41. The Morgan fingerprint density at radius 1 is 1.48 bits per heavy atom. The van der Waals surface area contributed by atoms with Gasteiger partial charge in [0.1, 0.15) is 11.9 Å². The SMILES string of the molecule is CCC(C)[C@H](NC(=O)c1ccc([N+](=O)[O-])cc1F)C(=O)O. The van der Waals surface area contributed by atoms with Crippen molar-refractivity contribution in [3.05, 3.63) is 39.7 Å². The van der Waals surface area contributed by atoms with Crippen LogP contribution in [0.3, 0.4) is 0 Å². The van der Waals surface area contributed by atoms with Crippen molar-refractivity contribution in [3.63, 3.8) is 0 Å². The molecule has 1 aromatic carbocycles. The number of non-ortho nitro benzene ring substituents is 1. The summed E-state index contributed by atoms with van der Waals surface area (Å²) in [6, 6.07) is 1.40. The van der Waals surface area contributed by atoms with Gasteiger partial charge in [0.15, 0.2) is 0 Å². The molecule has 114 valence electrons. The summed E-state index contributed by atoms with van der Waals surface area (Å²) in [4.78, 5) is 32.7. The molecule has 1 unspecified atom stereocenters. The normalized spacial score (nSPS) is 13.3. The van der Waals surface area contributed by atoms with E-state index >= 15 is 0 Å². The van der Waals surface area contributed by atoms with Crippen LogP contribution in [0.1, 0.15) is 30.6 Å². The quantitative estimate of drug-likeness (QED) is 0.616. The number of amides is 1. The van der Waals surface area contributed by atoms with E-state index in [0.717, 1.165) is 12.1 Å². The van der Waals surface area contributed by atoms with E-state index in [-0.39, 0.29) is 5.92 Å². The van der Waals surface area contributed by atoms with E-state index in [0.29, 0.717) is 12.5 Å². The number of nitrogens with one attached hydrogen (secondary N) is 1. The maximum absolute atomic E-state index is 13.7. The molecule has 0 heterocycles. The monoisotopic (exact) mass is 298 g/mol. The van der Waals surface area contributed by atoms with E-state index in [2.05, 4.69) is 5.32 Å². The molecule has 0 aromatic heterocycles. The number of nitro benzene ring substituents is 1. The predicted octanol–water partition coefficient (Wildman–Crippen LogP) is 1.96. The molecule has 21 heavy (non-hydrogen) atoms. The molecule has 1 rings (SSSR count). The third kappa shape index (κ3) is 3.98. The lowest BCUT2D eigenvalue weighted by Crippen LogP contribution is -2.45. The van der Waals surface area contributed by atoms with Gasteiger partial charge in [0.2, 0.25) is 0 Å². The molecule has 0 radical (unpaired) electrons. The standard InChI is InChI=1S/C13H15FN2O5/c1-3-7(2)11(13(18)19)15-12(17)9-5-4-8(16(20)21)6-10(9)14/h4-7,11H,3H2,1-2H3,(H,15,17)(H,18,19)/t7?,11-/m0/s1. The fourth-order valence-corrected chi connectivity index (χ4v) is 1.70. The van der Waals surface area contributed by atoms with Crippen LogP contribution in [0.2, 0.25) is 0 Å². The van der Waals surface area contributed by atoms with E-state index < -0.39 is 39.9 Å². The van der Waals surface area contributed by atoms with Gasteiger partial charge in [-0.1, -0.05) is 20.3 Å². The highest BCUT2D eigenvalue weighted by Gasteiger charge is 2.27. The summed E-state index contributed by atoms with van der Waals surface area (Å²) in [5.74, 6) is -3.56. The van der Waals surface area contributed by atoms with Crippen molar-refractivity contribution >= 4 is 17.6 Å². The molecule has 0 saturated carbocycles. The zero-order valence-electron chi connectivity index (χ0n) is 11.5. The Morgan fingerprint density at radius 2 is 2.10 bits per heavy atom. The average molecular weight is 298 g/mol. The van der Waals surface area contributed by atoms with Crippen LogP contribution in [0.15, 0.2) is 18.2 Å². The number of nitro groups is 1. The Balaban J connectivity index is 2.98. The number of aliphatic carboxylic acids is 1. The van der Waals surface area contributed by atoms with Gasteiger partial charge in [-0.3, -0.25) is 14.9 Å². The summed E-state index contributed by atoms with van der Waals surface area (Å²) >= 11 is 0. The first-order valence-corrected chi connectivity index (χ1v) is 6.25. The van der Waals surface area contributed by atoms with Gasteiger partial charge < -0.3 is 10.4 Å². The van der Waals surface area contributed by atoms with Crippen molar-refractivity contribution in [3.8, 4) is 0 Å². The molecule has 0 spiro atoms. The van der Waals surface area contributed by atoms with Gasteiger partial charge in [0.25, 0.3) is 11.6 Å². The lowest BCUT2D eigenvalue weighted by atomic mass is 9.99. The van der Waals surface area contributed by atoms with Crippen LogP contribution in [0.25, 0.3) is 0 Å². The zero-order valence-corrected chi connectivity index (χ0v) is 11.5. The van der Waals surface area contributed by atoms with E-state index in [1.165, 1.54) is 0 Å². The molecule has 0 saturated heterocycles. The van der Waals surface area contributed by atoms with Crippen LogP contribution in [0, 0.1) is 21.8 Å². The Morgan fingerprint density at radius 3 is 2.52 bits per heavy atom. The number of hydrogen-bond donors (Lipinski definition) is 2. The van der Waals surface area contributed by atoms with Crippen molar-refractivity contribution < 1.29 is 24.0 Å². The number of carbonyl (C=O) groups excluding carboxylic acids is 1. The number of carboxylic acid groups (broad SMARTS) is 1. The first kappa shape index (κ1) is 16.5. The third-order valence-electron chi connectivity index (χ3n) is 3.17. The van der Waals surface area contributed by atoms with E-state index in [1.54, 1.807) is 13.8 Å². The maximum atomic E-state index is 13.7. The van der Waals surface area contributed by atoms with Crippen molar-refractivity contribution in [2.45, 2.75) is 26.3 Å². The summed E-state index contributed by atoms with van der Waals surface area (Å²) in [5.41, 5.74) is -0.920. The zero-order chi connectivity index (χ0) is 16.2. The van der Waals surface area contributed by atoms with E-state index in [4.69, 9.17) is 5.11 Å². The predicted molar refractivity (Wildman–Crippen MR) is 71.4 cm³/mol. The van der Waals surface area contributed by atoms with Crippen LogP contribution >= 0.6 is 0 Å². The molecular weight excluding hydrogens is 283 g/mol. The molecule has 0 bridgehead atoms. The molecule has 2 N–H and O–H groups in total. The number of rotatable bonds is 6. The fraction of sp³-hybridized carbons (Fsp3) is 0.385. The molecular formula is C13H15FN2O5. The van der Waals surface area contributed by atoms with E-state index in [1.807, 2.05) is 0 Å². The van der Waals surface area contributed by atoms with Gasteiger partial charge in [-0.15, -0.1) is 0 Å². The second-order valence-electron chi connectivity index (χ2n) is 4.60. The van der Waals surface area contributed by atoms with Crippen LogP contribution < -0.4 is 5.32 Å². The molecule has 1 amide bonds. The maximum Gasteiger partial charge on any atom is 0.326 e. The minimum Gasteiger partial charge on any atom is -0.480 e. The molecule has 0 aliphatic rings. The molecule has 2 atom stereocenters. The van der Waals surface area contributed by atoms with Gasteiger partial charge in [-0.25, -0.2) is 9.18 Å². The van der Waals surface area contributed by atoms with Crippen molar-refractivity contribution in [1.82, 2.24) is 5.32 Å². The van der Waals surface area contributed by atoms with Crippen LogP contribution in [-0.2, 0) is 4.79 Å². The van der Waals surface area contributed by atoms with Gasteiger partial charge in [0.05, 0.1) is 16.6 Å². The number of hydrogen-bond acceptors (Lipinski definition) is 4. The molecule has 7 nitrogen and oxygen atoms in total. The van der Waals surface area contributed by atoms with Crippen LogP contribution in [0.5, 0.6) is 0 Å². The highest BCUT2D eigenvalue weighted by atomic mass is 19.1. The minimum absolute atomic E-state index is 0.340. The van der Waals surface area contributed by atoms with Gasteiger partial charge in [-0.2, -0.15) is 0 Å². The average Bonchev–Trinajstić information content (AvgIpc) is 2.42. The summed E-state index contributed by atoms with van der Waals surface area (Å²) in [6.07, 6.45) is 0.514. The van der Waals surface area contributed by atoms with Gasteiger partial charge >= 0.3 is 5.97 Å². The minimum atomic E-state index is -1.22. The lowest BCUT2D eigenvalue weighted by Gasteiger charge is -2.20. The highest BCUT2D eigenvalue weighted by molar-refractivity contribution is 5.97. The second kappa shape index (κ2) is 6.78. The van der Waals surface area contributed by atoms with Crippen molar-refractivity contribution in [2.75, 3.05) is 0 Å². The number of carbonyl (C=O) groups is 2. The molecule has 1 aromatic rings. The van der Waals surface area contributed by atoms with Gasteiger partial charge in [-0.05, 0) is 12.0 Å². The summed E-state index contributed by atoms with van der Waals surface area (Å²) in [5, 5.41) is 21.8. The number of nitrogens with zero attached hydrogens (tertiary/aromatic N) is 1. The first-order chi connectivity index (χ1) is 9.77. The number of benzene rings is 1. The molecule has 0 fully saturated rings. The Hall–Kier alpha value is -2.51. The number of halogens is 1. The van der Waals surface area contributed by atoms with Crippen molar-refractivity contribution in [1.29, 1.82) is 0 Å². The van der Waals surface area contributed by atoms with Crippen molar-refractivity contribution in [2.24, 2.45) is 5.92 Å². The Labute approximate surface area is 119 Å². The van der Waals surface area contributed by atoms with E-state index in [9.17, 15) is 24.1 Å². The topological polar surface area (TPSA) is 110 Å². The fourth-order valence-electron chi connectivity index (χ4n) is 1.70. The smallest absolute Gasteiger partial charge is 0.326 e. The second-order valence-corrected chi connectivity index (χ2v) is 4.60.